The summed E-state index contributed by atoms with van der Waals surface area (Å²) in [5.74, 6) is 0.368. The van der Waals surface area contributed by atoms with Crippen LogP contribution in [-0.2, 0) is 4.74 Å². The van der Waals surface area contributed by atoms with Gasteiger partial charge >= 0.3 is 5.97 Å². The van der Waals surface area contributed by atoms with E-state index < -0.39 is 5.97 Å². The number of halogens is 1. The van der Waals surface area contributed by atoms with E-state index in [1.165, 1.54) is 6.07 Å². The van der Waals surface area contributed by atoms with Crippen LogP contribution in [0.15, 0.2) is 18.2 Å². The second-order valence-corrected chi connectivity index (χ2v) is 4.26. The van der Waals surface area contributed by atoms with Gasteiger partial charge in [-0.2, -0.15) is 11.8 Å². The van der Waals surface area contributed by atoms with Gasteiger partial charge in [0, 0.05) is 11.4 Å². The number of carbonyl (C=O) groups excluding carboxylic acids is 1. The number of hydrogen-bond donors (Lipinski definition) is 1. The van der Waals surface area contributed by atoms with Crippen molar-refractivity contribution in [2.75, 3.05) is 24.3 Å². The molecule has 5 heteroatoms. The fourth-order valence-corrected chi connectivity index (χ4v) is 1.51. The van der Waals surface area contributed by atoms with Crippen LogP contribution in [0.1, 0.15) is 10.4 Å². The smallest absolute Gasteiger partial charge is 0.339 e. The number of anilines is 1. The van der Waals surface area contributed by atoms with Crippen molar-refractivity contribution < 1.29 is 9.53 Å². The second-order valence-electron chi connectivity index (χ2n) is 2.87. The Balaban J connectivity index is 2.65. The van der Waals surface area contributed by atoms with Crippen molar-refractivity contribution in [2.24, 2.45) is 0 Å². The predicted molar refractivity (Wildman–Crippen MR) is 64.5 cm³/mol. The van der Waals surface area contributed by atoms with E-state index in [1.807, 2.05) is 6.26 Å². The summed E-state index contributed by atoms with van der Waals surface area (Å²) in [5.41, 5.74) is 6.39. The Hall–Kier alpha value is -0.870. The molecule has 82 valence electrons. The summed E-state index contributed by atoms with van der Waals surface area (Å²) in [6.45, 7) is 0.390. The third kappa shape index (κ3) is 3.64. The first kappa shape index (κ1) is 12.2. The van der Waals surface area contributed by atoms with Crippen LogP contribution >= 0.6 is 23.4 Å². The topological polar surface area (TPSA) is 52.3 Å². The first-order chi connectivity index (χ1) is 7.15. The number of rotatable bonds is 4. The highest BCUT2D eigenvalue weighted by molar-refractivity contribution is 7.98. The number of carbonyl (C=O) groups is 1. The first-order valence-corrected chi connectivity index (χ1v) is 6.13. The van der Waals surface area contributed by atoms with E-state index in [1.54, 1.807) is 23.9 Å². The van der Waals surface area contributed by atoms with Gasteiger partial charge in [0.05, 0.1) is 10.6 Å². The van der Waals surface area contributed by atoms with Gasteiger partial charge in [-0.15, -0.1) is 0 Å². The summed E-state index contributed by atoms with van der Waals surface area (Å²) < 4.78 is 5.00. The molecule has 0 aliphatic rings. The van der Waals surface area contributed by atoms with Crippen LogP contribution in [0.2, 0.25) is 5.02 Å². The van der Waals surface area contributed by atoms with Gasteiger partial charge in [0.2, 0.25) is 0 Å². The fraction of sp³-hybridized carbons (Fsp3) is 0.300. The average molecular weight is 246 g/mol. The lowest BCUT2D eigenvalue weighted by atomic mass is 10.2. The highest BCUT2D eigenvalue weighted by Crippen LogP contribution is 2.19. The third-order valence-corrected chi connectivity index (χ3v) is 2.62. The molecule has 0 heterocycles. The summed E-state index contributed by atoms with van der Waals surface area (Å²) in [6, 6.07) is 4.73. The second kappa shape index (κ2) is 5.88. The molecule has 0 saturated heterocycles. The number of nitrogen functional groups attached to an aromatic ring is 1. The zero-order chi connectivity index (χ0) is 11.3. The molecule has 15 heavy (non-hydrogen) atoms. The van der Waals surface area contributed by atoms with E-state index >= 15 is 0 Å². The SMILES string of the molecule is CSCCOC(=O)c1ccc(N)cc1Cl. The Kier molecular flexibility index (Phi) is 4.78. The summed E-state index contributed by atoms with van der Waals surface area (Å²) in [5, 5.41) is 0.323. The maximum Gasteiger partial charge on any atom is 0.339 e. The highest BCUT2D eigenvalue weighted by atomic mass is 35.5. The quantitative estimate of drug-likeness (QED) is 0.503. The van der Waals surface area contributed by atoms with Crippen LogP contribution in [0, 0.1) is 0 Å². The zero-order valence-corrected chi connectivity index (χ0v) is 9.90. The molecule has 3 nitrogen and oxygen atoms in total. The molecule has 0 bridgehead atoms. The molecular weight excluding hydrogens is 234 g/mol. The number of hydrogen-bond acceptors (Lipinski definition) is 4. The van der Waals surface area contributed by atoms with Gasteiger partial charge in [-0.3, -0.25) is 0 Å². The van der Waals surface area contributed by atoms with Crippen molar-refractivity contribution >= 4 is 35.0 Å². The lowest BCUT2D eigenvalue weighted by Gasteiger charge is -2.05. The molecule has 2 N–H and O–H groups in total. The van der Waals surface area contributed by atoms with E-state index in [0.29, 0.717) is 22.9 Å². The molecule has 1 aromatic carbocycles. The van der Waals surface area contributed by atoms with Gasteiger partial charge in [-0.05, 0) is 24.5 Å². The van der Waals surface area contributed by atoms with E-state index in [4.69, 9.17) is 22.1 Å². The van der Waals surface area contributed by atoms with Crippen LogP contribution in [0.5, 0.6) is 0 Å². The maximum atomic E-state index is 11.5. The van der Waals surface area contributed by atoms with E-state index in [9.17, 15) is 4.79 Å². The molecule has 0 aliphatic heterocycles. The average Bonchev–Trinajstić information content (AvgIpc) is 2.17. The van der Waals surface area contributed by atoms with Gasteiger partial charge < -0.3 is 10.5 Å². The number of ether oxygens (including phenoxy) is 1. The molecular formula is C10H12ClNO2S. The van der Waals surface area contributed by atoms with Crippen molar-refractivity contribution in [3.8, 4) is 0 Å². The highest BCUT2D eigenvalue weighted by Gasteiger charge is 2.11. The van der Waals surface area contributed by atoms with Crippen molar-refractivity contribution in [1.82, 2.24) is 0 Å². The lowest BCUT2D eigenvalue weighted by molar-refractivity contribution is 0.0530. The Bertz CT molecular complexity index is 357. The molecule has 0 unspecified atom stereocenters. The molecule has 0 fully saturated rings. The van der Waals surface area contributed by atoms with Crippen LogP contribution in [-0.4, -0.2) is 24.6 Å². The Morgan fingerprint density at radius 1 is 1.60 bits per heavy atom. The first-order valence-electron chi connectivity index (χ1n) is 4.36. The maximum absolute atomic E-state index is 11.5. The zero-order valence-electron chi connectivity index (χ0n) is 8.33. The van der Waals surface area contributed by atoms with Gasteiger partial charge in [0.25, 0.3) is 0 Å². The van der Waals surface area contributed by atoms with Crippen molar-refractivity contribution in [2.45, 2.75) is 0 Å². The lowest BCUT2D eigenvalue weighted by Crippen LogP contribution is -2.08. The fourth-order valence-electron chi connectivity index (χ4n) is 0.992. The van der Waals surface area contributed by atoms with E-state index in [-0.39, 0.29) is 0 Å². The van der Waals surface area contributed by atoms with Crippen LogP contribution < -0.4 is 5.73 Å². The van der Waals surface area contributed by atoms with Crippen molar-refractivity contribution in [3.05, 3.63) is 28.8 Å². The Labute approximate surface area is 97.9 Å². The Morgan fingerprint density at radius 3 is 2.93 bits per heavy atom. The molecule has 0 spiro atoms. The van der Waals surface area contributed by atoms with Gasteiger partial charge in [-0.1, -0.05) is 11.6 Å². The number of esters is 1. The summed E-state index contributed by atoms with van der Waals surface area (Å²) >= 11 is 7.47. The molecule has 1 rings (SSSR count). The molecule has 0 aromatic heterocycles. The molecule has 0 atom stereocenters. The standard InChI is InChI=1S/C10H12ClNO2S/c1-15-5-4-14-10(13)8-3-2-7(12)6-9(8)11/h2-3,6H,4-5,12H2,1H3. The summed E-state index contributed by atoms with van der Waals surface area (Å²) in [6.07, 6.45) is 1.95. The Morgan fingerprint density at radius 2 is 2.33 bits per heavy atom. The van der Waals surface area contributed by atoms with E-state index in [2.05, 4.69) is 0 Å². The van der Waals surface area contributed by atoms with Crippen molar-refractivity contribution in [1.29, 1.82) is 0 Å². The van der Waals surface area contributed by atoms with Gasteiger partial charge in [0.15, 0.2) is 0 Å². The van der Waals surface area contributed by atoms with E-state index in [0.717, 1.165) is 5.75 Å². The molecule has 0 saturated carbocycles. The monoisotopic (exact) mass is 245 g/mol. The third-order valence-electron chi connectivity index (χ3n) is 1.73. The number of nitrogens with two attached hydrogens (primary N) is 1. The number of thioether (sulfide) groups is 1. The minimum atomic E-state index is -0.408. The van der Waals surface area contributed by atoms with Crippen LogP contribution in [0.4, 0.5) is 5.69 Å². The minimum absolute atomic E-state index is 0.323. The summed E-state index contributed by atoms with van der Waals surface area (Å²) in [4.78, 5) is 11.5. The number of benzene rings is 1. The normalized spacial score (nSPS) is 10.0. The van der Waals surface area contributed by atoms with Crippen LogP contribution in [0.25, 0.3) is 0 Å². The van der Waals surface area contributed by atoms with Crippen LogP contribution in [0.3, 0.4) is 0 Å². The minimum Gasteiger partial charge on any atom is -0.461 e. The largest absolute Gasteiger partial charge is 0.461 e. The molecule has 0 aliphatic carbocycles. The van der Waals surface area contributed by atoms with Crippen molar-refractivity contribution in [3.63, 3.8) is 0 Å². The molecule has 1 aromatic rings. The molecule has 0 amide bonds. The van der Waals surface area contributed by atoms with Gasteiger partial charge in [-0.25, -0.2) is 4.79 Å². The molecule has 0 radical (unpaired) electrons. The summed E-state index contributed by atoms with van der Waals surface area (Å²) in [7, 11) is 0. The van der Waals surface area contributed by atoms with Gasteiger partial charge in [0.1, 0.15) is 6.61 Å². The predicted octanol–water partition coefficient (Wildman–Crippen LogP) is 2.44.